The number of hydrazine groups is 1. The molecule has 0 unspecified atom stereocenters. The molecule has 3 N–H and O–H groups in total. The summed E-state index contributed by atoms with van der Waals surface area (Å²) in [6, 6.07) is 8.47. The van der Waals surface area contributed by atoms with E-state index in [9.17, 15) is 0 Å². The van der Waals surface area contributed by atoms with Gasteiger partial charge < -0.3 is 4.90 Å². The zero-order chi connectivity index (χ0) is 13.2. The van der Waals surface area contributed by atoms with Crippen LogP contribution < -0.4 is 16.2 Å². The van der Waals surface area contributed by atoms with Gasteiger partial charge in [-0.15, -0.1) is 0 Å². The highest BCUT2D eigenvalue weighted by Crippen LogP contribution is 2.32. The number of nitrogens with zero attached hydrogens (tertiary/aromatic N) is 3. The van der Waals surface area contributed by atoms with Crippen LogP contribution in [0.25, 0.3) is 0 Å². The summed E-state index contributed by atoms with van der Waals surface area (Å²) in [4.78, 5) is 10.7. The Kier molecular flexibility index (Phi) is 3.05. The predicted octanol–water partition coefficient (Wildman–Crippen LogP) is 2.15. The maximum Gasteiger partial charge on any atom is 0.239 e. The van der Waals surface area contributed by atoms with E-state index in [0.29, 0.717) is 5.95 Å². The lowest BCUT2D eigenvalue weighted by atomic mass is 9.99. The standard InChI is InChI=1S/C14H17N5/c1-10-4-5-12-11(9-10)3-2-8-19(12)13-6-7-16-14(17-13)18-15/h4-7,9H,2-3,8,15H2,1H3,(H,16,17,18). The van der Waals surface area contributed by atoms with Gasteiger partial charge >= 0.3 is 0 Å². The molecule has 0 spiro atoms. The molecule has 0 bridgehead atoms. The summed E-state index contributed by atoms with van der Waals surface area (Å²) in [5.41, 5.74) is 6.41. The molecule has 98 valence electrons. The average Bonchev–Trinajstić information content (AvgIpc) is 2.46. The van der Waals surface area contributed by atoms with Crippen LogP contribution in [0.1, 0.15) is 17.5 Å². The molecule has 1 aromatic heterocycles. The van der Waals surface area contributed by atoms with Crippen LogP contribution in [0.5, 0.6) is 0 Å². The van der Waals surface area contributed by atoms with Crippen LogP contribution in [-0.2, 0) is 6.42 Å². The van der Waals surface area contributed by atoms with Gasteiger partial charge in [-0.25, -0.2) is 10.8 Å². The van der Waals surface area contributed by atoms with Crippen molar-refractivity contribution in [2.24, 2.45) is 5.84 Å². The van der Waals surface area contributed by atoms with Gasteiger partial charge in [0.15, 0.2) is 0 Å². The van der Waals surface area contributed by atoms with Crippen molar-refractivity contribution in [3.63, 3.8) is 0 Å². The number of hydrogen-bond donors (Lipinski definition) is 2. The SMILES string of the molecule is Cc1ccc2c(c1)CCCN2c1ccnc(NN)n1. The van der Waals surface area contributed by atoms with Crippen molar-refractivity contribution in [3.05, 3.63) is 41.6 Å². The average molecular weight is 255 g/mol. The van der Waals surface area contributed by atoms with Gasteiger partial charge in [0.05, 0.1) is 0 Å². The summed E-state index contributed by atoms with van der Waals surface area (Å²) in [7, 11) is 0. The Bertz CT molecular complexity index is 596. The first kappa shape index (κ1) is 11.9. The lowest BCUT2D eigenvalue weighted by Gasteiger charge is -2.30. The van der Waals surface area contributed by atoms with Crippen LogP contribution in [0.15, 0.2) is 30.5 Å². The number of aromatic nitrogens is 2. The number of benzene rings is 1. The van der Waals surface area contributed by atoms with Gasteiger partial charge in [0.1, 0.15) is 5.82 Å². The van der Waals surface area contributed by atoms with Crippen molar-refractivity contribution in [1.82, 2.24) is 9.97 Å². The van der Waals surface area contributed by atoms with E-state index < -0.39 is 0 Å². The monoisotopic (exact) mass is 255 g/mol. The molecule has 0 amide bonds. The molecule has 0 aliphatic carbocycles. The molecule has 0 saturated heterocycles. The number of nitrogens with one attached hydrogen (secondary N) is 1. The summed E-state index contributed by atoms with van der Waals surface area (Å²) in [6.07, 6.45) is 3.98. The molecule has 5 nitrogen and oxygen atoms in total. The van der Waals surface area contributed by atoms with Crippen LogP contribution >= 0.6 is 0 Å². The van der Waals surface area contributed by atoms with Gasteiger partial charge in [-0.05, 0) is 37.5 Å². The van der Waals surface area contributed by atoms with Crippen LogP contribution in [0.2, 0.25) is 0 Å². The van der Waals surface area contributed by atoms with Crippen molar-refractivity contribution >= 4 is 17.5 Å². The summed E-state index contributed by atoms with van der Waals surface area (Å²) in [6.45, 7) is 3.09. The number of hydrogen-bond acceptors (Lipinski definition) is 5. The van der Waals surface area contributed by atoms with Gasteiger partial charge in [-0.2, -0.15) is 4.98 Å². The number of aryl methyl sites for hydroxylation is 2. The molecule has 0 radical (unpaired) electrons. The Hall–Kier alpha value is -2.14. The largest absolute Gasteiger partial charge is 0.326 e. The fourth-order valence-corrected chi connectivity index (χ4v) is 2.53. The number of fused-ring (bicyclic) bond motifs is 1. The Morgan fingerprint density at radius 1 is 1.32 bits per heavy atom. The van der Waals surface area contributed by atoms with Crippen molar-refractivity contribution in [2.75, 3.05) is 16.9 Å². The molecule has 5 heteroatoms. The fourth-order valence-electron chi connectivity index (χ4n) is 2.53. The summed E-state index contributed by atoms with van der Waals surface area (Å²) in [5.74, 6) is 6.69. The lowest BCUT2D eigenvalue weighted by molar-refractivity contribution is 0.758. The van der Waals surface area contributed by atoms with Crippen molar-refractivity contribution in [1.29, 1.82) is 0 Å². The first-order chi connectivity index (χ1) is 9.28. The molecule has 3 rings (SSSR count). The maximum absolute atomic E-state index is 5.37. The first-order valence-corrected chi connectivity index (χ1v) is 6.44. The minimum Gasteiger partial charge on any atom is -0.326 e. The second-order valence-electron chi connectivity index (χ2n) is 4.77. The van der Waals surface area contributed by atoms with Gasteiger partial charge in [0.2, 0.25) is 5.95 Å². The predicted molar refractivity (Wildman–Crippen MR) is 76.3 cm³/mol. The van der Waals surface area contributed by atoms with Crippen molar-refractivity contribution in [2.45, 2.75) is 19.8 Å². The maximum atomic E-state index is 5.37. The van der Waals surface area contributed by atoms with Crippen LogP contribution in [-0.4, -0.2) is 16.5 Å². The molecule has 0 saturated carbocycles. The second-order valence-corrected chi connectivity index (χ2v) is 4.77. The van der Waals surface area contributed by atoms with E-state index in [1.807, 2.05) is 6.07 Å². The molecular formula is C14H17N5. The van der Waals surface area contributed by atoms with Gasteiger partial charge in [0, 0.05) is 18.4 Å². The van der Waals surface area contributed by atoms with Gasteiger partial charge in [-0.1, -0.05) is 17.7 Å². The van der Waals surface area contributed by atoms with E-state index in [2.05, 4.69) is 45.4 Å². The molecule has 2 aromatic rings. The van der Waals surface area contributed by atoms with Gasteiger partial charge in [0.25, 0.3) is 0 Å². The lowest BCUT2D eigenvalue weighted by Crippen LogP contribution is -2.26. The molecule has 19 heavy (non-hydrogen) atoms. The Balaban J connectivity index is 2.03. The number of rotatable bonds is 2. The summed E-state index contributed by atoms with van der Waals surface area (Å²) in [5, 5.41) is 0. The van der Waals surface area contributed by atoms with Crippen LogP contribution in [0.4, 0.5) is 17.5 Å². The summed E-state index contributed by atoms with van der Waals surface area (Å²) >= 11 is 0. The minimum absolute atomic E-state index is 0.441. The Labute approximate surface area is 112 Å². The van der Waals surface area contributed by atoms with Crippen LogP contribution in [0.3, 0.4) is 0 Å². The molecule has 1 aliphatic heterocycles. The third kappa shape index (κ3) is 2.24. The second kappa shape index (κ2) is 4.85. The zero-order valence-corrected chi connectivity index (χ0v) is 10.9. The normalized spacial score (nSPS) is 14.1. The Morgan fingerprint density at radius 3 is 3.05 bits per heavy atom. The highest BCUT2D eigenvalue weighted by Gasteiger charge is 2.19. The summed E-state index contributed by atoms with van der Waals surface area (Å²) < 4.78 is 0. The van der Waals surface area contributed by atoms with Crippen molar-refractivity contribution < 1.29 is 0 Å². The van der Waals surface area contributed by atoms with E-state index >= 15 is 0 Å². The molecule has 0 atom stereocenters. The highest BCUT2D eigenvalue weighted by atomic mass is 15.3. The topological polar surface area (TPSA) is 67.1 Å². The minimum atomic E-state index is 0.441. The molecule has 0 fully saturated rings. The molecule has 1 aromatic carbocycles. The third-order valence-electron chi connectivity index (χ3n) is 3.40. The number of nitrogen functional groups attached to an aromatic ring is 1. The Morgan fingerprint density at radius 2 is 2.21 bits per heavy atom. The van der Waals surface area contributed by atoms with Gasteiger partial charge in [-0.3, -0.25) is 5.43 Å². The number of nitrogens with two attached hydrogens (primary N) is 1. The van der Waals surface area contributed by atoms with E-state index in [4.69, 9.17) is 5.84 Å². The molecule has 1 aliphatic rings. The smallest absolute Gasteiger partial charge is 0.239 e. The van der Waals surface area contributed by atoms with Crippen LogP contribution in [0, 0.1) is 6.92 Å². The van der Waals surface area contributed by atoms with E-state index in [-0.39, 0.29) is 0 Å². The van der Waals surface area contributed by atoms with E-state index in [1.165, 1.54) is 16.8 Å². The fraction of sp³-hybridized carbons (Fsp3) is 0.286. The highest BCUT2D eigenvalue weighted by molar-refractivity contribution is 5.66. The van der Waals surface area contributed by atoms with E-state index in [0.717, 1.165) is 25.2 Å². The molecular weight excluding hydrogens is 238 g/mol. The quantitative estimate of drug-likeness (QED) is 0.636. The number of anilines is 3. The molecule has 2 heterocycles. The van der Waals surface area contributed by atoms with E-state index in [1.54, 1.807) is 6.20 Å². The third-order valence-corrected chi connectivity index (χ3v) is 3.40. The van der Waals surface area contributed by atoms with Crippen molar-refractivity contribution in [3.8, 4) is 0 Å². The first-order valence-electron chi connectivity index (χ1n) is 6.44. The zero-order valence-electron chi connectivity index (χ0n) is 10.9.